The molecule has 1 aliphatic heterocycles. The first kappa shape index (κ1) is 12.2. The number of piperidine rings is 1. The molecule has 2 nitrogen and oxygen atoms in total. The van der Waals surface area contributed by atoms with E-state index in [1.165, 1.54) is 6.42 Å². The monoisotopic (exact) mass is 259 g/mol. The van der Waals surface area contributed by atoms with Gasteiger partial charge in [-0.2, -0.15) is 0 Å². The smallest absolute Gasteiger partial charge is 0.0943 e. The molecule has 0 amide bonds. The maximum Gasteiger partial charge on any atom is 0.0943 e. The van der Waals surface area contributed by atoms with Gasteiger partial charge < -0.3 is 10.4 Å². The zero-order valence-corrected chi connectivity index (χ0v) is 10.4. The highest BCUT2D eigenvalue weighted by Gasteiger charge is 2.22. The Bertz CT molecular complexity index is 364. The van der Waals surface area contributed by atoms with Crippen LogP contribution in [0.2, 0.25) is 10.0 Å². The van der Waals surface area contributed by atoms with Gasteiger partial charge in [0.25, 0.3) is 0 Å². The number of benzene rings is 1. The van der Waals surface area contributed by atoms with Gasteiger partial charge in [-0.05, 0) is 37.1 Å². The fourth-order valence-electron chi connectivity index (χ4n) is 2.08. The lowest BCUT2D eigenvalue weighted by Crippen LogP contribution is -2.38. The van der Waals surface area contributed by atoms with E-state index in [2.05, 4.69) is 5.32 Å². The summed E-state index contributed by atoms with van der Waals surface area (Å²) < 4.78 is 0. The Morgan fingerprint density at radius 1 is 1.25 bits per heavy atom. The summed E-state index contributed by atoms with van der Waals surface area (Å²) in [7, 11) is 0. The van der Waals surface area contributed by atoms with Crippen molar-refractivity contribution in [3.63, 3.8) is 0 Å². The van der Waals surface area contributed by atoms with Crippen LogP contribution in [0.3, 0.4) is 0 Å². The Balaban J connectivity index is 2.12. The van der Waals surface area contributed by atoms with Crippen LogP contribution in [0.15, 0.2) is 18.2 Å². The topological polar surface area (TPSA) is 32.3 Å². The third-order valence-electron chi connectivity index (χ3n) is 3.01. The van der Waals surface area contributed by atoms with Gasteiger partial charge in [-0.3, -0.25) is 0 Å². The quantitative estimate of drug-likeness (QED) is 0.856. The summed E-state index contributed by atoms with van der Waals surface area (Å²) in [5.74, 6) is 0. The number of nitrogens with one attached hydrogen (secondary N) is 1. The summed E-state index contributed by atoms with van der Waals surface area (Å²) in [6.07, 6.45) is 2.84. The number of hydrogen-bond acceptors (Lipinski definition) is 2. The molecule has 0 spiro atoms. The van der Waals surface area contributed by atoms with E-state index < -0.39 is 6.10 Å². The van der Waals surface area contributed by atoms with Gasteiger partial charge in [-0.1, -0.05) is 35.7 Å². The molecule has 1 aromatic rings. The van der Waals surface area contributed by atoms with Crippen molar-refractivity contribution in [3.05, 3.63) is 33.8 Å². The minimum atomic E-state index is -0.505. The van der Waals surface area contributed by atoms with Crippen LogP contribution in [0.25, 0.3) is 0 Å². The number of aliphatic hydroxyl groups excluding tert-OH is 1. The maximum absolute atomic E-state index is 10.2. The zero-order valence-electron chi connectivity index (χ0n) is 8.92. The standard InChI is InChI=1S/C12H15Cl2NO/c13-9-5-4-8(7-10(9)14)12(16)11-3-1-2-6-15-11/h4-5,7,11-12,15-16H,1-3,6H2/t11-,12-/m0/s1. The summed E-state index contributed by atoms with van der Waals surface area (Å²) in [5.41, 5.74) is 0.828. The molecule has 4 heteroatoms. The van der Waals surface area contributed by atoms with Crippen LogP contribution in [0, 0.1) is 0 Å². The average molecular weight is 260 g/mol. The van der Waals surface area contributed by atoms with Gasteiger partial charge in [-0.15, -0.1) is 0 Å². The highest BCUT2D eigenvalue weighted by Crippen LogP contribution is 2.28. The first-order chi connectivity index (χ1) is 7.68. The third-order valence-corrected chi connectivity index (χ3v) is 3.75. The molecule has 1 heterocycles. The Morgan fingerprint density at radius 2 is 2.06 bits per heavy atom. The highest BCUT2D eigenvalue weighted by molar-refractivity contribution is 6.42. The second-order valence-corrected chi connectivity index (χ2v) is 4.99. The molecular weight excluding hydrogens is 245 g/mol. The molecule has 1 aromatic carbocycles. The maximum atomic E-state index is 10.2. The van der Waals surface area contributed by atoms with Gasteiger partial charge in [0.15, 0.2) is 0 Å². The molecule has 0 aliphatic carbocycles. The average Bonchev–Trinajstić information content (AvgIpc) is 2.33. The summed E-state index contributed by atoms with van der Waals surface area (Å²) in [6.45, 7) is 0.975. The van der Waals surface area contributed by atoms with E-state index in [9.17, 15) is 5.11 Å². The van der Waals surface area contributed by atoms with Crippen molar-refractivity contribution in [1.82, 2.24) is 5.32 Å². The summed E-state index contributed by atoms with van der Waals surface area (Å²) >= 11 is 11.8. The SMILES string of the molecule is O[C@@H](c1ccc(Cl)c(Cl)c1)[C@@H]1CCCCN1. The Labute approximate surface area is 106 Å². The number of aliphatic hydroxyl groups is 1. The summed E-state index contributed by atoms with van der Waals surface area (Å²) in [4.78, 5) is 0. The first-order valence-electron chi connectivity index (χ1n) is 5.55. The van der Waals surface area contributed by atoms with Crippen molar-refractivity contribution in [1.29, 1.82) is 0 Å². The summed E-state index contributed by atoms with van der Waals surface area (Å²) in [5, 5.41) is 14.5. The molecule has 0 aromatic heterocycles. The Morgan fingerprint density at radius 3 is 2.69 bits per heavy atom. The van der Waals surface area contributed by atoms with Crippen molar-refractivity contribution in [2.75, 3.05) is 6.54 Å². The Kier molecular flexibility index (Phi) is 4.09. The molecule has 2 atom stereocenters. The van der Waals surface area contributed by atoms with E-state index in [-0.39, 0.29) is 6.04 Å². The lowest BCUT2D eigenvalue weighted by Gasteiger charge is -2.28. The van der Waals surface area contributed by atoms with Crippen molar-refractivity contribution in [2.24, 2.45) is 0 Å². The van der Waals surface area contributed by atoms with Crippen LogP contribution >= 0.6 is 23.2 Å². The minimum absolute atomic E-state index is 0.131. The predicted molar refractivity (Wildman–Crippen MR) is 67.1 cm³/mol. The largest absolute Gasteiger partial charge is 0.387 e. The molecule has 0 saturated carbocycles. The van der Waals surface area contributed by atoms with Crippen LogP contribution < -0.4 is 5.32 Å². The van der Waals surface area contributed by atoms with E-state index >= 15 is 0 Å². The number of rotatable bonds is 2. The molecule has 2 N–H and O–H groups in total. The molecule has 1 aliphatic rings. The molecule has 1 fully saturated rings. The van der Waals surface area contributed by atoms with Gasteiger partial charge in [-0.25, -0.2) is 0 Å². The fraction of sp³-hybridized carbons (Fsp3) is 0.500. The van der Waals surface area contributed by atoms with Crippen LogP contribution in [0.4, 0.5) is 0 Å². The molecule has 0 radical (unpaired) electrons. The van der Waals surface area contributed by atoms with Crippen LogP contribution in [-0.4, -0.2) is 17.7 Å². The zero-order chi connectivity index (χ0) is 11.5. The molecule has 0 bridgehead atoms. The van der Waals surface area contributed by atoms with Crippen LogP contribution in [0.1, 0.15) is 30.9 Å². The predicted octanol–water partition coefficient (Wildman–Crippen LogP) is 3.17. The lowest BCUT2D eigenvalue weighted by atomic mass is 9.95. The van der Waals surface area contributed by atoms with E-state index in [0.29, 0.717) is 10.0 Å². The van der Waals surface area contributed by atoms with E-state index in [0.717, 1.165) is 24.9 Å². The van der Waals surface area contributed by atoms with E-state index in [4.69, 9.17) is 23.2 Å². The second-order valence-electron chi connectivity index (χ2n) is 4.17. The molecule has 0 unspecified atom stereocenters. The highest BCUT2D eigenvalue weighted by atomic mass is 35.5. The van der Waals surface area contributed by atoms with Crippen molar-refractivity contribution in [2.45, 2.75) is 31.4 Å². The first-order valence-corrected chi connectivity index (χ1v) is 6.30. The van der Waals surface area contributed by atoms with Gasteiger partial charge in [0.1, 0.15) is 0 Å². The third kappa shape index (κ3) is 2.69. The van der Waals surface area contributed by atoms with Gasteiger partial charge in [0.05, 0.1) is 16.1 Å². The molecule has 88 valence electrons. The minimum Gasteiger partial charge on any atom is -0.387 e. The summed E-state index contributed by atoms with van der Waals surface area (Å²) in [6, 6.07) is 5.43. The van der Waals surface area contributed by atoms with Crippen molar-refractivity contribution < 1.29 is 5.11 Å². The Hall–Kier alpha value is -0.280. The van der Waals surface area contributed by atoms with Crippen molar-refractivity contribution >= 4 is 23.2 Å². The second kappa shape index (κ2) is 5.37. The van der Waals surface area contributed by atoms with Crippen molar-refractivity contribution in [3.8, 4) is 0 Å². The number of hydrogen-bond donors (Lipinski definition) is 2. The molecule has 16 heavy (non-hydrogen) atoms. The normalized spacial score (nSPS) is 23.1. The van der Waals surface area contributed by atoms with E-state index in [1.807, 2.05) is 6.07 Å². The lowest BCUT2D eigenvalue weighted by molar-refractivity contribution is 0.114. The molecular formula is C12H15Cl2NO. The number of halogens is 2. The molecule has 1 saturated heterocycles. The van der Waals surface area contributed by atoms with Crippen LogP contribution in [-0.2, 0) is 0 Å². The van der Waals surface area contributed by atoms with Gasteiger partial charge in [0, 0.05) is 6.04 Å². The van der Waals surface area contributed by atoms with Gasteiger partial charge >= 0.3 is 0 Å². The van der Waals surface area contributed by atoms with Gasteiger partial charge in [0.2, 0.25) is 0 Å². The van der Waals surface area contributed by atoms with Crippen LogP contribution in [0.5, 0.6) is 0 Å². The van der Waals surface area contributed by atoms with E-state index in [1.54, 1.807) is 12.1 Å². The fourth-order valence-corrected chi connectivity index (χ4v) is 2.38. The molecule has 2 rings (SSSR count).